The number of hydrogen-bond donors (Lipinski definition) is 0. The maximum atomic E-state index is 12.9. The molecular formula is C16H19NO6S2. The summed E-state index contributed by atoms with van der Waals surface area (Å²) in [6.07, 6.45) is 0. The number of ether oxygens (including phenoxy) is 3. The highest BCUT2D eigenvalue weighted by molar-refractivity contribution is 7.94. The number of carbonyl (C=O) groups excluding carboxylic acids is 1. The van der Waals surface area contributed by atoms with Crippen LogP contribution in [-0.2, 0) is 19.6 Å². The zero-order valence-corrected chi connectivity index (χ0v) is 15.7. The number of sulfonamides is 1. The number of esters is 1. The van der Waals surface area contributed by atoms with E-state index in [4.69, 9.17) is 14.2 Å². The minimum atomic E-state index is -3.91. The van der Waals surface area contributed by atoms with E-state index in [-0.39, 0.29) is 16.5 Å². The van der Waals surface area contributed by atoms with E-state index in [1.807, 2.05) is 0 Å². The predicted octanol–water partition coefficient (Wildman–Crippen LogP) is 2.52. The van der Waals surface area contributed by atoms with Crippen molar-refractivity contribution >= 4 is 33.0 Å². The van der Waals surface area contributed by atoms with E-state index < -0.39 is 22.5 Å². The van der Waals surface area contributed by atoms with Gasteiger partial charge in [0.1, 0.15) is 10.8 Å². The molecule has 0 aliphatic heterocycles. The molecule has 1 heterocycles. The average molecular weight is 385 g/mol. The van der Waals surface area contributed by atoms with Crippen LogP contribution in [0.5, 0.6) is 11.5 Å². The lowest BCUT2D eigenvalue weighted by Gasteiger charge is -2.23. The molecule has 2 rings (SSSR count). The van der Waals surface area contributed by atoms with Crippen molar-refractivity contribution in [2.24, 2.45) is 0 Å². The monoisotopic (exact) mass is 385 g/mol. The number of nitrogens with zero attached hydrogens (tertiary/aromatic N) is 1. The molecule has 9 heteroatoms. The zero-order chi connectivity index (χ0) is 18.4. The largest absolute Gasteiger partial charge is 0.493 e. The van der Waals surface area contributed by atoms with Gasteiger partial charge in [0.05, 0.1) is 26.5 Å². The maximum absolute atomic E-state index is 12.9. The normalized spacial score (nSPS) is 11.0. The second kappa shape index (κ2) is 8.21. The summed E-state index contributed by atoms with van der Waals surface area (Å²) in [7, 11) is -0.982. The molecule has 25 heavy (non-hydrogen) atoms. The fourth-order valence-corrected chi connectivity index (χ4v) is 4.64. The Labute approximate surface area is 150 Å². The standard InChI is InChI=1S/C16H19NO6S2/c1-4-23-15(18)11-17(25(19,20)16-6-5-9-24-16)12-7-8-13(21-2)14(10-12)22-3/h5-10H,4,11H2,1-3H3. The van der Waals surface area contributed by atoms with Crippen LogP contribution in [0.15, 0.2) is 39.9 Å². The van der Waals surface area contributed by atoms with Crippen molar-refractivity contribution in [2.45, 2.75) is 11.1 Å². The van der Waals surface area contributed by atoms with E-state index in [1.54, 1.807) is 30.5 Å². The van der Waals surface area contributed by atoms with Gasteiger partial charge in [0.15, 0.2) is 11.5 Å². The minimum absolute atomic E-state index is 0.131. The van der Waals surface area contributed by atoms with Gasteiger partial charge in [-0.2, -0.15) is 0 Å². The van der Waals surface area contributed by atoms with Gasteiger partial charge in [0, 0.05) is 6.07 Å². The van der Waals surface area contributed by atoms with Gasteiger partial charge in [-0.25, -0.2) is 8.42 Å². The van der Waals surface area contributed by atoms with Gasteiger partial charge in [-0.3, -0.25) is 9.10 Å². The Balaban J connectivity index is 2.50. The molecular weight excluding hydrogens is 366 g/mol. The number of methoxy groups -OCH3 is 2. The quantitative estimate of drug-likeness (QED) is 0.650. The molecule has 0 atom stereocenters. The summed E-state index contributed by atoms with van der Waals surface area (Å²) < 4.78 is 42.3. The van der Waals surface area contributed by atoms with E-state index in [1.165, 1.54) is 26.4 Å². The van der Waals surface area contributed by atoms with Crippen molar-refractivity contribution in [3.8, 4) is 11.5 Å². The van der Waals surface area contributed by atoms with E-state index in [0.29, 0.717) is 11.5 Å². The Morgan fingerprint density at radius 2 is 1.88 bits per heavy atom. The van der Waals surface area contributed by atoms with E-state index >= 15 is 0 Å². The average Bonchev–Trinajstić information content (AvgIpc) is 3.14. The lowest BCUT2D eigenvalue weighted by molar-refractivity contribution is -0.141. The molecule has 2 aromatic rings. The molecule has 0 fully saturated rings. The number of hydrogen-bond acceptors (Lipinski definition) is 7. The molecule has 7 nitrogen and oxygen atoms in total. The molecule has 0 aliphatic rings. The second-order valence-corrected chi connectivity index (χ2v) is 7.82. The Bertz CT molecular complexity index is 817. The van der Waals surface area contributed by atoms with Gasteiger partial charge in [-0.15, -0.1) is 11.3 Å². The highest BCUT2D eigenvalue weighted by Crippen LogP contribution is 2.34. The van der Waals surface area contributed by atoms with Crippen LogP contribution < -0.4 is 13.8 Å². The Morgan fingerprint density at radius 1 is 1.16 bits per heavy atom. The van der Waals surface area contributed by atoms with Crippen LogP contribution in [0.1, 0.15) is 6.92 Å². The van der Waals surface area contributed by atoms with Gasteiger partial charge < -0.3 is 14.2 Å². The minimum Gasteiger partial charge on any atom is -0.493 e. The first-order valence-corrected chi connectivity index (χ1v) is 9.70. The third-order valence-electron chi connectivity index (χ3n) is 3.27. The van der Waals surface area contributed by atoms with Crippen LogP contribution in [0.2, 0.25) is 0 Å². The highest BCUT2D eigenvalue weighted by atomic mass is 32.2. The number of anilines is 1. The first-order chi connectivity index (χ1) is 11.9. The Kier molecular flexibility index (Phi) is 6.27. The lowest BCUT2D eigenvalue weighted by atomic mass is 10.2. The molecule has 0 radical (unpaired) electrons. The summed E-state index contributed by atoms with van der Waals surface area (Å²) in [5.74, 6) is 0.170. The van der Waals surface area contributed by atoms with Crippen LogP contribution in [0.3, 0.4) is 0 Å². The summed E-state index contributed by atoms with van der Waals surface area (Å²) in [5.41, 5.74) is 0.277. The summed E-state index contributed by atoms with van der Waals surface area (Å²) >= 11 is 1.07. The predicted molar refractivity (Wildman–Crippen MR) is 95.0 cm³/mol. The Hall–Kier alpha value is -2.26. The van der Waals surface area contributed by atoms with Crippen molar-refractivity contribution in [3.05, 3.63) is 35.7 Å². The van der Waals surface area contributed by atoms with Crippen molar-refractivity contribution in [3.63, 3.8) is 0 Å². The number of rotatable bonds is 8. The molecule has 0 amide bonds. The summed E-state index contributed by atoms with van der Waals surface area (Å²) in [4.78, 5) is 11.9. The molecule has 0 aliphatic carbocycles. The van der Waals surface area contributed by atoms with Gasteiger partial charge in [-0.05, 0) is 30.5 Å². The van der Waals surface area contributed by atoms with Crippen molar-refractivity contribution in [1.29, 1.82) is 0 Å². The fraction of sp³-hybridized carbons (Fsp3) is 0.312. The van der Waals surface area contributed by atoms with Crippen molar-refractivity contribution in [1.82, 2.24) is 0 Å². The number of carbonyl (C=O) groups is 1. The smallest absolute Gasteiger partial charge is 0.326 e. The first kappa shape index (κ1) is 19.1. The van der Waals surface area contributed by atoms with Crippen molar-refractivity contribution < 1.29 is 27.4 Å². The van der Waals surface area contributed by atoms with Gasteiger partial charge >= 0.3 is 5.97 Å². The molecule has 136 valence electrons. The van der Waals surface area contributed by atoms with Crippen LogP contribution in [0.25, 0.3) is 0 Å². The topological polar surface area (TPSA) is 82.1 Å². The zero-order valence-electron chi connectivity index (χ0n) is 14.1. The number of thiophene rings is 1. The van der Waals surface area contributed by atoms with Crippen LogP contribution >= 0.6 is 11.3 Å². The van der Waals surface area contributed by atoms with Crippen LogP contribution in [-0.4, -0.2) is 41.8 Å². The maximum Gasteiger partial charge on any atom is 0.326 e. The summed E-state index contributed by atoms with van der Waals surface area (Å²) in [6, 6.07) is 7.75. The molecule has 1 aromatic carbocycles. The first-order valence-electron chi connectivity index (χ1n) is 7.38. The number of benzene rings is 1. The summed E-state index contributed by atoms with van der Waals surface area (Å²) in [6.45, 7) is 1.38. The van der Waals surface area contributed by atoms with Crippen LogP contribution in [0.4, 0.5) is 5.69 Å². The third kappa shape index (κ3) is 4.23. The van der Waals surface area contributed by atoms with Crippen molar-refractivity contribution in [2.75, 3.05) is 31.7 Å². The van der Waals surface area contributed by atoms with Gasteiger partial charge in [-0.1, -0.05) is 6.07 Å². The molecule has 0 saturated carbocycles. The molecule has 0 spiro atoms. The molecule has 1 aromatic heterocycles. The van der Waals surface area contributed by atoms with E-state index in [0.717, 1.165) is 15.6 Å². The third-order valence-corrected chi connectivity index (χ3v) is 6.42. The molecule has 0 bridgehead atoms. The molecule has 0 unspecified atom stereocenters. The highest BCUT2D eigenvalue weighted by Gasteiger charge is 2.29. The SMILES string of the molecule is CCOC(=O)CN(c1ccc(OC)c(OC)c1)S(=O)(=O)c1cccs1. The van der Waals surface area contributed by atoms with E-state index in [9.17, 15) is 13.2 Å². The molecule has 0 saturated heterocycles. The van der Waals surface area contributed by atoms with Crippen LogP contribution in [0, 0.1) is 0 Å². The molecule has 0 N–H and O–H groups in total. The fourth-order valence-electron chi connectivity index (χ4n) is 2.14. The van der Waals surface area contributed by atoms with Gasteiger partial charge in [0.25, 0.3) is 10.0 Å². The van der Waals surface area contributed by atoms with Gasteiger partial charge in [0.2, 0.25) is 0 Å². The van der Waals surface area contributed by atoms with E-state index in [2.05, 4.69) is 0 Å². The summed E-state index contributed by atoms with van der Waals surface area (Å²) in [5, 5.41) is 1.66. The Morgan fingerprint density at radius 3 is 2.44 bits per heavy atom. The lowest BCUT2D eigenvalue weighted by Crippen LogP contribution is -2.36. The second-order valence-electron chi connectivity index (χ2n) is 4.79.